The van der Waals surface area contributed by atoms with Crippen LogP contribution in [0, 0.1) is 5.82 Å². The highest BCUT2D eigenvalue weighted by Crippen LogP contribution is 2.24. The fourth-order valence-corrected chi connectivity index (χ4v) is 1.69. The van der Waals surface area contributed by atoms with Crippen LogP contribution in [0.1, 0.15) is 17.3 Å². The van der Waals surface area contributed by atoms with Crippen LogP contribution in [-0.4, -0.2) is 22.7 Å². The zero-order valence-corrected chi connectivity index (χ0v) is 10.3. The highest BCUT2D eigenvalue weighted by atomic mass is 19.1. The first-order chi connectivity index (χ1) is 9.11. The molecule has 2 aromatic rings. The molecule has 98 valence electrons. The Morgan fingerprint density at radius 3 is 2.84 bits per heavy atom. The smallest absolute Gasteiger partial charge is 0.339 e. The van der Waals surface area contributed by atoms with E-state index < -0.39 is 11.8 Å². The third kappa shape index (κ3) is 2.88. The molecule has 0 aliphatic carbocycles. The van der Waals surface area contributed by atoms with E-state index in [2.05, 4.69) is 4.98 Å². The summed E-state index contributed by atoms with van der Waals surface area (Å²) >= 11 is 0. The number of benzene rings is 1. The lowest BCUT2D eigenvalue weighted by Crippen LogP contribution is -2.04. The van der Waals surface area contributed by atoms with E-state index in [1.807, 2.05) is 0 Å². The number of nitrogens with zero attached hydrogens (tertiary/aromatic N) is 1. The van der Waals surface area contributed by atoms with Crippen LogP contribution in [0.4, 0.5) is 4.39 Å². The highest BCUT2D eigenvalue weighted by Gasteiger charge is 2.14. The van der Waals surface area contributed by atoms with E-state index in [0.29, 0.717) is 17.9 Å². The van der Waals surface area contributed by atoms with Crippen molar-refractivity contribution in [3.05, 3.63) is 47.9 Å². The minimum atomic E-state index is -1.11. The van der Waals surface area contributed by atoms with Crippen molar-refractivity contribution >= 4 is 5.97 Å². The van der Waals surface area contributed by atoms with Crippen molar-refractivity contribution < 1.29 is 19.0 Å². The van der Waals surface area contributed by atoms with Crippen molar-refractivity contribution in [2.24, 2.45) is 0 Å². The number of ether oxygens (including phenoxy) is 1. The number of pyridine rings is 1. The Morgan fingerprint density at radius 2 is 2.21 bits per heavy atom. The van der Waals surface area contributed by atoms with E-state index in [1.165, 1.54) is 24.4 Å². The van der Waals surface area contributed by atoms with Gasteiger partial charge in [0.1, 0.15) is 11.4 Å². The summed E-state index contributed by atoms with van der Waals surface area (Å²) < 4.78 is 18.3. The maximum Gasteiger partial charge on any atom is 0.339 e. The third-order valence-electron chi connectivity index (χ3n) is 2.52. The molecule has 1 N–H and O–H groups in total. The normalized spacial score (nSPS) is 10.2. The molecule has 0 atom stereocenters. The van der Waals surface area contributed by atoms with Crippen molar-refractivity contribution in [3.8, 4) is 17.0 Å². The SMILES string of the molecule is CCOc1cnc(-c2cccc(F)c2)cc1C(=O)O. The van der Waals surface area contributed by atoms with Gasteiger partial charge in [0.25, 0.3) is 0 Å². The molecule has 5 heteroatoms. The molecule has 0 saturated heterocycles. The second-order valence-electron chi connectivity index (χ2n) is 3.81. The molecule has 4 nitrogen and oxygen atoms in total. The average Bonchev–Trinajstić information content (AvgIpc) is 2.39. The number of aromatic carboxylic acids is 1. The molecule has 0 spiro atoms. The molecule has 0 aliphatic heterocycles. The van der Waals surface area contributed by atoms with Crippen molar-refractivity contribution in [2.75, 3.05) is 6.61 Å². The maximum atomic E-state index is 13.1. The topological polar surface area (TPSA) is 59.4 Å². The van der Waals surface area contributed by atoms with Crippen LogP contribution in [0.25, 0.3) is 11.3 Å². The van der Waals surface area contributed by atoms with Gasteiger partial charge >= 0.3 is 5.97 Å². The number of hydrogen-bond acceptors (Lipinski definition) is 3. The largest absolute Gasteiger partial charge is 0.491 e. The molecule has 1 aromatic carbocycles. The van der Waals surface area contributed by atoms with Crippen LogP contribution >= 0.6 is 0 Å². The Balaban J connectivity index is 2.49. The predicted molar refractivity (Wildman–Crippen MR) is 67.8 cm³/mol. The van der Waals surface area contributed by atoms with Gasteiger partial charge in [-0.05, 0) is 25.1 Å². The minimum absolute atomic E-state index is 0.0103. The van der Waals surface area contributed by atoms with Gasteiger partial charge in [-0.3, -0.25) is 4.98 Å². The first-order valence-corrected chi connectivity index (χ1v) is 5.74. The van der Waals surface area contributed by atoms with Crippen LogP contribution in [0.3, 0.4) is 0 Å². The number of carbonyl (C=O) groups is 1. The molecule has 0 unspecified atom stereocenters. The van der Waals surface area contributed by atoms with E-state index in [0.717, 1.165) is 0 Å². The lowest BCUT2D eigenvalue weighted by Gasteiger charge is -2.08. The van der Waals surface area contributed by atoms with Crippen molar-refractivity contribution in [3.63, 3.8) is 0 Å². The second kappa shape index (κ2) is 5.48. The average molecular weight is 261 g/mol. The van der Waals surface area contributed by atoms with Gasteiger partial charge in [0, 0.05) is 5.56 Å². The Morgan fingerprint density at radius 1 is 1.42 bits per heavy atom. The molecule has 19 heavy (non-hydrogen) atoms. The summed E-state index contributed by atoms with van der Waals surface area (Å²) in [5, 5.41) is 9.14. The van der Waals surface area contributed by atoms with Crippen molar-refractivity contribution in [2.45, 2.75) is 6.92 Å². The van der Waals surface area contributed by atoms with Gasteiger partial charge in [-0.1, -0.05) is 12.1 Å². The quantitative estimate of drug-likeness (QED) is 0.919. The molecular formula is C14H12FNO3. The summed E-state index contributed by atoms with van der Waals surface area (Å²) in [6, 6.07) is 7.20. The van der Waals surface area contributed by atoms with E-state index in [9.17, 15) is 9.18 Å². The first kappa shape index (κ1) is 13.0. The molecule has 1 aromatic heterocycles. The van der Waals surface area contributed by atoms with E-state index in [4.69, 9.17) is 9.84 Å². The summed E-state index contributed by atoms with van der Waals surface area (Å²) in [6.07, 6.45) is 1.34. The number of aromatic nitrogens is 1. The fourth-order valence-electron chi connectivity index (χ4n) is 1.69. The van der Waals surface area contributed by atoms with Crippen LogP contribution in [0.15, 0.2) is 36.5 Å². The predicted octanol–water partition coefficient (Wildman–Crippen LogP) is 2.98. The molecule has 1 heterocycles. The summed E-state index contributed by atoms with van der Waals surface area (Å²) in [5.74, 6) is -1.30. The van der Waals surface area contributed by atoms with Crippen LogP contribution in [0.2, 0.25) is 0 Å². The Kier molecular flexibility index (Phi) is 3.75. The minimum Gasteiger partial charge on any atom is -0.491 e. The molecule has 0 fully saturated rings. The van der Waals surface area contributed by atoms with Gasteiger partial charge in [0.15, 0.2) is 5.75 Å². The molecule has 0 bridgehead atoms. The maximum absolute atomic E-state index is 13.1. The van der Waals surface area contributed by atoms with Crippen LogP contribution in [-0.2, 0) is 0 Å². The molecule has 0 amide bonds. The van der Waals surface area contributed by atoms with Crippen LogP contribution < -0.4 is 4.74 Å². The summed E-state index contributed by atoms with van der Waals surface area (Å²) in [4.78, 5) is 15.3. The van der Waals surface area contributed by atoms with Gasteiger partial charge in [0.05, 0.1) is 18.5 Å². The van der Waals surface area contributed by atoms with Gasteiger partial charge in [-0.2, -0.15) is 0 Å². The summed E-state index contributed by atoms with van der Waals surface area (Å²) in [7, 11) is 0. The van der Waals surface area contributed by atoms with Gasteiger partial charge in [0.2, 0.25) is 0 Å². The molecular weight excluding hydrogens is 249 g/mol. The fraction of sp³-hybridized carbons (Fsp3) is 0.143. The van der Waals surface area contributed by atoms with Crippen LogP contribution in [0.5, 0.6) is 5.75 Å². The van der Waals surface area contributed by atoms with Gasteiger partial charge in [-0.15, -0.1) is 0 Å². The molecule has 0 radical (unpaired) electrons. The number of carboxylic acids is 1. The van der Waals surface area contributed by atoms with Gasteiger partial charge < -0.3 is 9.84 Å². The third-order valence-corrected chi connectivity index (χ3v) is 2.52. The lowest BCUT2D eigenvalue weighted by atomic mass is 10.1. The standard InChI is InChI=1S/C14H12FNO3/c1-2-19-13-8-16-12(7-11(13)14(17)18)9-4-3-5-10(15)6-9/h3-8H,2H2,1H3,(H,17,18). The van der Waals surface area contributed by atoms with Gasteiger partial charge in [-0.25, -0.2) is 9.18 Å². The molecule has 2 rings (SSSR count). The zero-order chi connectivity index (χ0) is 13.8. The summed E-state index contributed by atoms with van der Waals surface area (Å²) in [5.41, 5.74) is 0.919. The second-order valence-corrected chi connectivity index (χ2v) is 3.81. The van der Waals surface area contributed by atoms with Crippen molar-refractivity contribution in [1.29, 1.82) is 0 Å². The number of halogens is 1. The lowest BCUT2D eigenvalue weighted by molar-refractivity contribution is 0.0692. The van der Waals surface area contributed by atoms with E-state index in [1.54, 1.807) is 19.1 Å². The van der Waals surface area contributed by atoms with E-state index >= 15 is 0 Å². The number of hydrogen-bond donors (Lipinski definition) is 1. The van der Waals surface area contributed by atoms with E-state index in [-0.39, 0.29) is 11.3 Å². The Bertz CT molecular complexity index is 613. The Hall–Kier alpha value is -2.43. The monoisotopic (exact) mass is 261 g/mol. The highest BCUT2D eigenvalue weighted by molar-refractivity contribution is 5.92. The molecule has 0 saturated carbocycles. The number of rotatable bonds is 4. The first-order valence-electron chi connectivity index (χ1n) is 5.74. The van der Waals surface area contributed by atoms with Crippen molar-refractivity contribution in [1.82, 2.24) is 4.98 Å². The molecule has 0 aliphatic rings. The number of carboxylic acid groups (broad SMARTS) is 1. The summed E-state index contributed by atoms with van der Waals surface area (Å²) in [6.45, 7) is 2.10. The Labute approximate surface area is 109 Å². The zero-order valence-electron chi connectivity index (χ0n) is 10.3.